The summed E-state index contributed by atoms with van der Waals surface area (Å²) in [7, 11) is 1.44. The molecule has 1 unspecified atom stereocenters. The van der Waals surface area contributed by atoms with Crippen LogP contribution < -0.4 is 15.1 Å². The number of aromatic nitrogens is 6. The molecular formula is C31H33ClN10O5. The zero-order valence-electron chi connectivity index (χ0n) is 26.0. The molecule has 0 bridgehead atoms. The highest BCUT2D eigenvalue weighted by Crippen LogP contribution is 2.42. The number of hydrogen-bond donors (Lipinski definition) is 1. The van der Waals surface area contributed by atoms with Crippen LogP contribution in [0.4, 0.5) is 26.9 Å². The summed E-state index contributed by atoms with van der Waals surface area (Å²) in [5, 5.41) is 2.42. The number of alkyl halides is 1. The van der Waals surface area contributed by atoms with Gasteiger partial charge in [0, 0.05) is 43.3 Å². The topological polar surface area (TPSA) is 168 Å². The minimum Gasteiger partial charge on any atom is -0.430 e. The lowest BCUT2D eigenvalue weighted by atomic mass is 10.1. The van der Waals surface area contributed by atoms with Crippen molar-refractivity contribution in [2.45, 2.75) is 63.5 Å². The van der Waals surface area contributed by atoms with Crippen molar-refractivity contribution < 1.29 is 23.9 Å². The van der Waals surface area contributed by atoms with E-state index >= 15 is 0 Å². The number of anilines is 3. The number of imidazole rings is 1. The third-order valence-electron chi connectivity index (χ3n) is 7.82. The Labute approximate surface area is 274 Å². The number of nitrogens with one attached hydrogen (secondary N) is 1. The minimum absolute atomic E-state index is 0.0629. The van der Waals surface area contributed by atoms with E-state index in [9.17, 15) is 19.2 Å². The lowest BCUT2D eigenvalue weighted by molar-refractivity contribution is -0.123. The van der Waals surface area contributed by atoms with E-state index in [2.05, 4.69) is 30.2 Å². The first-order valence-corrected chi connectivity index (χ1v) is 15.6. The molecule has 4 aromatic heterocycles. The number of rotatable bonds is 9. The molecule has 7 rings (SSSR count). The Morgan fingerprint density at radius 3 is 2.53 bits per heavy atom. The lowest BCUT2D eigenvalue weighted by Crippen LogP contribution is -2.33. The van der Waals surface area contributed by atoms with Crippen molar-refractivity contribution in [3.05, 3.63) is 65.9 Å². The SMILES string of the molecule is CC(Cl)OC(=O)N(Cc1cn2cc(C3CC3)cc(N3CC(=O)N(C)C3=O)c2n1)c1cc(NC=O)ncn1.Cc1ccnc(C2CC2)n1. The number of nitrogens with zero attached hydrogens (tertiary/aromatic N) is 9. The van der Waals surface area contributed by atoms with E-state index < -0.39 is 17.7 Å². The molecule has 0 radical (unpaired) electrons. The Balaban J connectivity index is 0.000000327. The van der Waals surface area contributed by atoms with Gasteiger partial charge in [-0.3, -0.25) is 24.3 Å². The zero-order valence-corrected chi connectivity index (χ0v) is 26.8. The van der Waals surface area contributed by atoms with Crippen molar-refractivity contribution in [2.75, 3.05) is 28.7 Å². The average molecular weight is 661 g/mol. The largest absolute Gasteiger partial charge is 0.430 e. The second-order valence-electron chi connectivity index (χ2n) is 11.6. The van der Waals surface area contributed by atoms with E-state index in [0.29, 0.717) is 35.3 Å². The summed E-state index contributed by atoms with van der Waals surface area (Å²) in [4.78, 5) is 73.7. The predicted molar refractivity (Wildman–Crippen MR) is 171 cm³/mol. The highest BCUT2D eigenvalue weighted by Gasteiger charge is 2.37. The van der Waals surface area contributed by atoms with Gasteiger partial charge in [-0.25, -0.2) is 34.5 Å². The second kappa shape index (κ2) is 13.3. The Morgan fingerprint density at radius 1 is 1.13 bits per heavy atom. The molecule has 3 aliphatic rings. The standard InChI is InChI=1S/C23H23ClN8O5.C8H10N2/c1-13(24)37-23(36)32(19-6-18(27-12-33)25-11-26-19)9-16-8-30-7-15(14-3-4-14)5-17(21(30)28-16)31-10-20(34)29(2)22(31)35;1-6-4-5-9-8(10-6)7-2-3-7/h5-8,11-14H,3-4,9-10H2,1-2H3,(H,25,26,27,33);4-5,7H,2-3H2,1H3. The summed E-state index contributed by atoms with van der Waals surface area (Å²) in [6.45, 7) is 3.36. The van der Waals surface area contributed by atoms with Gasteiger partial charge < -0.3 is 14.5 Å². The molecule has 5 heterocycles. The molecule has 4 aromatic rings. The zero-order chi connectivity index (χ0) is 33.2. The first kappa shape index (κ1) is 31.8. The number of aryl methyl sites for hydroxylation is 1. The van der Waals surface area contributed by atoms with Gasteiger partial charge in [0.25, 0.3) is 0 Å². The number of likely N-dealkylation sites (N-methyl/N-ethyl adjacent to an activating group) is 1. The van der Waals surface area contributed by atoms with Gasteiger partial charge in [0.2, 0.25) is 12.3 Å². The first-order chi connectivity index (χ1) is 22.6. The van der Waals surface area contributed by atoms with Crippen LogP contribution >= 0.6 is 11.6 Å². The Bertz CT molecular complexity index is 1840. The summed E-state index contributed by atoms with van der Waals surface area (Å²) in [5.41, 5.74) is 2.64. The highest BCUT2D eigenvalue weighted by molar-refractivity contribution is 6.20. The molecule has 2 aliphatic carbocycles. The molecule has 2 saturated carbocycles. The number of carbonyl (C=O) groups is 4. The number of halogens is 1. The lowest BCUT2D eigenvalue weighted by Gasteiger charge is -2.21. The number of pyridine rings is 1. The van der Waals surface area contributed by atoms with E-state index in [1.807, 2.05) is 31.5 Å². The van der Waals surface area contributed by atoms with E-state index in [-0.39, 0.29) is 30.6 Å². The molecule has 5 amide bonds. The van der Waals surface area contributed by atoms with E-state index in [4.69, 9.17) is 16.3 Å². The number of amides is 5. The summed E-state index contributed by atoms with van der Waals surface area (Å²) in [6, 6.07) is 4.82. The van der Waals surface area contributed by atoms with Crippen molar-refractivity contribution in [2.24, 2.45) is 0 Å². The number of hydrogen-bond acceptors (Lipinski definition) is 10. The fraction of sp³-hybridized carbons (Fsp3) is 0.387. The normalized spacial score (nSPS) is 16.5. The van der Waals surface area contributed by atoms with E-state index in [1.165, 1.54) is 49.0 Å². The van der Waals surface area contributed by atoms with Gasteiger partial charge in [0.15, 0.2) is 11.2 Å². The molecule has 0 spiro atoms. The van der Waals surface area contributed by atoms with Crippen molar-refractivity contribution in [1.29, 1.82) is 0 Å². The maximum Gasteiger partial charge on any atom is 0.417 e. The average Bonchev–Trinajstić information content (AvgIpc) is 3.98. The smallest absolute Gasteiger partial charge is 0.417 e. The van der Waals surface area contributed by atoms with Crippen molar-refractivity contribution in [3.63, 3.8) is 0 Å². The molecule has 1 N–H and O–H groups in total. The van der Waals surface area contributed by atoms with Gasteiger partial charge in [0.05, 0.1) is 17.9 Å². The van der Waals surface area contributed by atoms with Crippen LogP contribution in [0.2, 0.25) is 0 Å². The first-order valence-electron chi connectivity index (χ1n) is 15.1. The summed E-state index contributed by atoms with van der Waals surface area (Å²) >= 11 is 5.89. The molecule has 47 heavy (non-hydrogen) atoms. The molecule has 1 atom stereocenters. The number of imide groups is 1. The van der Waals surface area contributed by atoms with Crippen LogP contribution in [0.15, 0.2) is 43.1 Å². The van der Waals surface area contributed by atoms with Crippen LogP contribution in [0.5, 0.6) is 0 Å². The van der Waals surface area contributed by atoms with Crippen LogP contribution in [0.1, 0.15) is 67.2 Å². The van der Waals surface area contributed by atoms with Crippen LogP contribution in [0.3, 0.4) is 0 Å². The van der Waals surface area contributed by atoms with Crippen LogP contribution in [0, 0.1) is 6.92 Å². The molecule has 1 aliphatic heterocycles. The number of ether oxygens (including phenoxy) is 1. The van der Waals surface area contributed by atoms with Gasteiger partial charge >= 0.3 is 12.1 Å². The summed E-state index contributed by atoms with van der Waals surface area (Å²) in [6.07, 6.45) is 11.0. The van der Waals surface area contributed by atoms with Crippen molar-refractivity contribution in [3.8, 4) is 0 Å². The third kappa shape index (κ3) is 7.30. The fourth-order valence-corrected chi connectivity index (χ4v) is 5.17. The van der Waals surface area contributed by atoms with Gasteiger partial charge in [0.1, 0.15) is 30.3 Å². The molecule has 1 saturated heterocycles. The third-order valence-corrected chi connectivity index (χ3v) is 7.91. The van der Waals surface area contributed by atoms with Crippen molar-refractivity contribution in [1.82, 2.24) is 34.2 Å². The molecule has 15 nitrogen and oxygen atoms in total. The predicted octanol–water partition coefficient (Wildman–Crippen LogP) is 4.36. The molecule has 16 heteroatoms. The second-order valence-corrected chi connectivity index (χ2v) is 12.2. The van der Waals surface area contributed by atoms with E-state index in [1.54, 1.807) is 10.6 Å². The van der Waals surface area contributed by atoms with Gasteiger partial charge in [-0.2, -0.15) is 0 Å². The number of urea groups is 1. The van der Waals surface area contributed by atoms with Gasteiger partial charge in [-0.1, -0.05) is 11.6 Å². The highest BCUT2D eigenvalue weighted by atomic mass is 35.5. The molecule has 0 aromatic carbocycles. The summed E-state index contributed by atoms with van der Waals surface area (Å²) in [5.74, 6) is 2.13. The van der Waals surface area contributed by atoms with Crippen LogP contribution in [-0.4, -0.2) is 77.8 Å². The molecule has 244 valence electrons. The van der Waals surface area contributed by atoms with Crippen molar-refractivity contribution >= 4 is 59.0 Å². The molecular weight excluding hydrogens is 628 g/mol. The number of carbonyl (C=O) groups excluding carboxylic acids is 4. The Morgan fingerprint density at radius 2 is 1.89 bits per heavy atom. The quantitative estimate of drug-likeness (QED) is 0.155. The van der Waals surface area contributed by atoms with Crippen LogP contribution in [0.25, 0.3) is 5.65 Å². The van der Waals surface area contributed by atoms with Crippen LogP contribution in [-0.2, 0) is 20.9 Å². The number of fused-ring (bicyclic) bond motifs is 1. The monoisotopic (exact) mass is 660 g/mol. The maximum absolute atomic E-state index is 12.9. The Kier molecular flexibility index (Phi) is 8.98. The van der Waals surface area contributed by atoms with Gasteiger partial charge in [-0.15, -0.1) is 0 Å². The summed E-state index contributed by atoms with van der Waals surface area (Å²) < 4.78 is 6.98. The Hall–Kier alpha value is -5.18. The minimum atomic E-state index is -0.908. The molecule has 3 fully saturated rings. The maximum atomic E-state index is 12.9. The van der Waals surface area contributed by atoms with Gasteiger partial charge in [-0.05, 0) is 63.1 Å². The fourth-order valence-electron chi connectivity index (χ4n) is 5.10. The van der Waals surface area contributed by atoms with E-state index in [0.717, 1.165) is 34.8 Å².